The topological polar surface area (TPSA) is 48.9 Å². The van der Waals surface area contributed by atoms with Gasteiger partial charge in [0.15, 0.2) is 5.96 Å². The van der Waals surface area contributed by atoms with Gasteiger partial charge in [-0.1, -0.05) is 29.8 Å². The molecule has 0 radical (unpaired) electrons. The first-order chi connectivity index (χ1) is 14.3. The van der Waals surface area contributed by atoms with Crippen LogP contribution in [0.15, 0.2) is 29.3 Å². The van der Waals surface area contributed by atoms with E-state index in [1.807, 2.05) is 6.92 Å². The predicted molar refractivity (Wildman–Crippen MR) is 130 cm³/mol. The van der Waals surface area contributed by atoms with Gasteiger partial charge in [-0.3, -0.25) is 9.89 Å². The summed E-state index contributed by atoms with van der Waals surface area (Å²) >= 11 is 0. The number of aryl methyl sites for hydroxylation is 1. The lowest BCUT2D eigenvalue weighted by Gasteiger charge is -2.31. The van der Waals surface area contributed by atoms with Crippen molar-refractivity contribution in [1.29, 1.82) is 0 Å². The molecule has 0 saturated carbocycles. The largest absolute Gasteiger partial charge is 0.401 e. The lowest BCUT2D eigenvalue weighted by Crippen LogP contribution is -2.40. The highest BCUT2D eigenvalue weighted by Crippen LogP contribution is 2.33. The van der Waals surface area contributed by atoms with Crippen molar-refractivity contribution < 1.29 is 17.9 Å². The van der Waals surface area contributed by atoms with E-state index in [2.05, 4.69) is 41.8 Å². The lowest BCUT2D eigenvalue weighted by atomic mass is 9.89. The molecule has 2 rings (SSSR count). The number of aliphatic imine (C=N–C) groups is 1. The van der Waals surface area contributed by atoms with Crippen molar-refractivity contribution >= 4 is 29.9 Å². The predicted octanol–water partition coefficient (Wildman–Crippen LogP) is 4.52. The highest BCUT2D eigenvalue weighted by molar-refractivity contribution is 14.0. The van der Waals surface area contributed by atoms with E-state index in [0.717, 1.165) is 26.0 Å². The molecule has 1 aliphatic heterocycles. The van der Waals surface area contributed by atoms with Gasteiger partial charge in [-0.25, -0.2) is 0 Å². The smallest absolute Gasteiger partial charge is 0.373 e. The molecule has 178 valence electrons. The van der Waals surface area contributed by atoms with Crippen molar-refractivity contribution in [3.05, 3.63) is 35.4 Å². The second-order valence-corrected chi connectivity index (χ2v) is 7.96. The van der Waals surface area contributed by atoms with Gasteiger partial charge in [-0.05, 0) is 52.3 Å². The molecule has 9 heteroatoms. The highest BCUT2D eigenvalue weighted by Gasteiger charge is 2.29. The number of ether oxygens (including phenoxy) is 1. The van der Waals surface area contributed by atoms with Crippen LogP contribution in [0, 0.1) is 12.8 Å². The van der Waals surface area contributed by atoms with E-state index in [9.17, 15) is 13.2 Å². The Labute approximate surface area is 201 Å². The van der Waals surface area contributed by atoms with Gasteiger partial charge in [0.1, 0.15) is 0 Å². The standard InChI is InChI=1S/C22H35F3N4O.HI/c1-4-26-21(27-12-6-13-29(3)16-22(23,24)25)28-15-19-7-5-14-30-20(19)18-10-8-17(2)9-11-18;/h8-11,19-20H,4-7,12-16H2,1-3H3,(H2,26,27,28);1H. The third-order valence-electron chi connectivity index (χ3n) is 5.14. The van der Waals surface area contributed by atoms with Gasteiger partial charge in [-0.15, -0.1) is 24.0 Å². The van der Waals surface area contributed by atoms with Crippen LogP contribution in [-0.2, 0) is 4.74 Å². The number of alkyl halides is 3. The SMILES string of the molecule is CCNC(=NCC1CCCOC1c1ccc(C)cc1)NCCCN(C)CC(F)(F)F.I. The maximum atomic E-state index is 12.4. The number of hydrogen-bond acceptors (Lipinski definition) is 3. The molecule has 0 amide bonds. The number of hydrogen-bond donors (Lipinski definition) is 2. The van der Waals surface area contributed by atoms with E-state index in [-0.39, 0.29) is 30.1 Å². The van der Waals surface area contributed by atoms with Crippen molar-refractivity contribution in [3.8, 4) is 0 Å². The first-order valence-electron chi connectivity index (χ1n) is 10.7. The van der Waals surface area contributed by atoms with Crippen LogP contribution >= 0.6 is 24.0 Å². The first kappa shape index (κ1) is 28.0. The van der Waals surface area contributed by atoms with Crippen molar-refractivity contribution in [2.75, 3.05) is 46.4 Å². The molecule has 1 aromatic rings. The van der Waals surface area contributed by atoms with Crippen molar-refractivity contribution in [3.63, 3.8) is 0 Å². The van der Waals surface area contributed by atoms with E-state index >= 15 is 0 Å². The summed E-state index contributed by atoms with van der Waals surface area (Å²) in [5, 5.41) is 6.45. The molecule has 1 heterocycles. The van der Waals surface area contributed by atoms with E-state index in [1.54, 1.807) is 0 Å². The number of nitrogens with one attached hydrogen (secondary N) is 2. The molecule has 2 N–H and O–H groups in total. The van der Waals surface area contributed by atoms with E-state index < -0.39 is 12.7 Å². The Balaban J connectivity index is 0.00000480. The molecule has 1 fully saturated rings. The Morgan fingerprint density at radius 1 is 1.23 bits per heavy atom. The second-order valence-electron chi connectivity index (χ2n) is 7.96. The number of rotatable bonds is 9. The molecule has 0 spiro atoms. The fourth-order valence-electron chi connectivity index (χ4n) is 3.65. The molecule has 0 aromatic heterocycles. The number of benzene rings is 1. The quantitative estimate of drug-likeness (QED) is 0.203. The molecule has 1 aromatic carbocycles. The van der Waals surface area contributed by atoms with Gasteiger partial charge in [0, 0.05) is 32.2 Å². The Hall–Kier alpha value is -1.07. The summed E-state index contributed by atoms with van der Waals surface area (Å²) in [6, 6.07) is 8.47. The van der Waals surface area contributed by atoms with Gasteiger partial charge in [0.2, 0.25) is 0 Å². The fraction of sp³-hybridized carbons (Fsp3) is 0.682. The van der Waals surface area contributed by atoms with E-state index in [1.165, 1.54) is 23.1 Å². The van der Waals surface area contributed by atoms with Crippen LogP contribution in [0.2, 0.25) is 0 Å². The van der Waals surface area contributed by atoms with E-state index in [4.69, 9.17) is 9.73 Å². The van der Waals surface area contributed by atoms with Gasteiger partial charge in [-0.2, -0.15) is 13.2 Å². The molecule has 2 unspecified atom stereocenters. The first-order valence-corrected chi connectivity index (χ1v) is 10.7. The van der Waals surface area contributed by atoms with Crippen LogP contribution < -0.4 is 10.6 Å². The number of guanidine groups is 1. The normalized spacial score (nSPS) is 19.8. The molecule has 0 aliphatic carbocycles. The molecule has 1 saturated heterocycles. The summed E-state index contributed by atoms with van der Waals surface area (Å²) in [7, 11) is 1.49. The molecule has 31 heavy (non-hydrogen) atoms. The van der Waals surface area contributed by atoms with Gasteiger partial charge in [0.05, 0.1) is 12.6 Å². The molecular formula is C22H36F3IN4O. The summed E-state index contributed by atoms with van der Waals surface area (Å²) in [6.45, 7) is 6.25. The minimum Gasteiger partial charge on any atom is -0.373 e. The maximum absolute atomic E-state index is 12.4. The van der Waals surface area contributed by atoms with Crippen molar-refractivity contribution in [1.82, 2.24) is 15.5 Å². The van der Waals surface area contributed by atoms with Gasteiger partial charge in [0.25, 0.3) is 0 Å². The number of halogens is 4. The third-order valence-corrected chi connectivity index (χ3v) is 5.14. The van der Waals surface area contributed by atoms with Crippen LogP contribution in [0.4, 0.5) is 13.2 Å². The van der Waals surface area contributed by atoms with Crippen molar-refractivity contribution in [2.45, 2.75) is 45.4 Å². The van der Waals surface area contributed by atoms with Gasteiger partial charge < -0.3 is 15.4 Å². The Morgan fingerprint density at radius 3 is 2.58 bits per heavy atom. The zero-order valence-corrected chi connectivity index (χ0v) is 21.0. The average molecular weight is 556 g/mol. The molecule has 0 bridgehead atoms. The summed E-state index contributed by atoms with van der Waals surface area (Å²) in [5.74, 6) is 0.999. The molecule has 1 aliphatic rings. The van der Waals surface area contributed by atoms with Crippen LogP contribution in [-0.4, -0.2) is 63.4 Å². The average Bonchev–Trinajstić information content (AvgIpc) is 2.69. The summed E-state index contributed by atoms with van der Waals surface area (Å²) in [4.78, 5) is 6.02. The van der Waals surface area contributed by atoms with Crippen molar-refractivity contribution in [2.24, 2.45) is 10.9 Å². The second kappa shape index (κ2) is 14.2. The molecule has 2 atom stereocenters. The maximum Gasteiger partial charge on any atom is 0.401 e. The van der Waals surface area contributed by atoms with Crippen LogP contribution in [0.5, 0.6) is 0 Å². The summed E-state index contributed by atoms with van der Waals surface area (Å²) < 4.78 is 43.3. The van der Waals surface area contributed by atoms with E-state index in [0.29, 0.717) is 37.9 Å². The molecular weight excluding hydrogens is 520 g/mol. The summed E-state index contributed by atoms with van der Waals surface area (Å²) in [6.07, 6.45) is -1.42. The lowest BCUT2D eigenvalue weighted by molar-refractivity contribution is -0.143. The Morgan fingerprint density at radius 2 is 1.94 bits per heavy atom. The minimum absolute atomic E-state index is 0. The fourth-order valence-corrected chi connectivity index (χ4v) is 3.65. The van der Waals surface area contributed by atoms with Crippen LogP contribution in [0.3, 0.4) is 0 Å². The third kappa shape index (κ3) is 10.9. The highest BCUT2D eigenvalue weighted by atomic mass is 127. The monoisotopic (exact) mass is 556 g/mol. The van der Waals surface area contributed by atoms with Crippen LogP contribution in [0.25, 0.3) is 0 Å². The van der Waals surface area contributed by atoms with Crippen LogP contribution in [0.1, 0.15) is 43.4 Å². The Bertz CT molecular complexity index is 655. The Kier molecular flexibility index (Phi) is 12.8. The number of nitrogens with zero attached hydrogens (tertiary/aromatic N) is 2. The summed E-state index contributed by atoms with van der Waals surface area (Å²) in [5.41, 5.74) is 2.41. The zero-order chi connectivity index (χ0) is 22.0. The van der Waals surface area contributed by atoms with Gasteiger partial charge >= 0.3 is 6.18 Å². The zero-order valence-electron chi connectivity index (χ0n) is 18.7. The molecule has 5 nitrogen and oxygen atoms in total. The minimum atomic E-state index is -4.16.